The Bertz CT molecular complexity index is 1390. The highest BCUT2D eigenvalue weighted by Gasteiger charge is 2.31. The lowest BCUT2D eigenvalue weighted by molar-refractivity contribution is 0.0549. The van der Waals surface area contributed by atoms with E-state index in [2.05, 4.69) is 5.10 Å². The third-order valence-corrected chi connectivity index (χ3v) is 5.89. The van der Waals surface area contributed by atoms with Gasteiger partial charge in [-0.1, -0.05) is 59.6 Å². The van der Waals surface area contributed by atoms with Crippen molar-refractivity contribution in [1.82, 2.24) is 9.78 Å². The van der Waals surface area contributed by atoms with Crippen LogP contribution in [-0.2, 0) is 16.1 Å². The molecule has 35 heavy (non-hydrogen) atoms. The number of hydrogen-bond donors (Lipinski definition) is 0. The van der Waals surface area contributed by atoms with E-state index in [0.717, 1.165) is 5.56 Å². The second-order valence-corrected chi connectivity index (χ2v) is 8.18. The molecule has 0 fully saturated rings. The Morgan fingerprint density at radius 2 is 1.60 bits per heavy atom. The third kappa shape index (κ3) is 5.16. The van der Waals surface area contributed by atoms with Gasteiger partial charge in [-0.25, -0.2) is 14.3 Å². The zero-order valence-electron chi connectivity index (χ0n) is 18.8. The van der Waals surface area contributed by atoms with Crippen LogP contribution in [0, 0.1) is 0 Å². The van der Waals surface area contributed by atoms with E-state index in [1.807, 2.05) is 12.1 Å². The number of esters is 2. The smallest absolute Gasteiger partial charge is 0.357 e. The van der Waals surface area contributed by atoms with E-state index in [1.54, 1.807) is 60.7 Å². The summed E-state index contributed by atoms with van der Waals surface area (Å²) < 4.78 is 17.2. The van der Waals surface area contributed by atoms with Crippen molar-refractivity contribution in [3.05, 3.63) is 99.7 Å². The van der Waals surface area contributed by atoms with Gasteiger partial charge in [0.25, 0.3) is 0 Å². The number of methoxy groups -OCH3 is 2. The minimum atomic E-state index is -0.722. The number of aromatic nitrogens is 2. The van der Waals surface area contributed by atoms with Gasteiger partial charge >= 0.3 is 11.9 Å². The molecular weight excluding hydrogens is 491 g/mol. The number of para-hydroxylation sites is 1. The first kappa shape index (κ1) is 24.3. The Kier molecular flexibility index (Phi) is 7.39. The summed E-state index contributed by atoms with van der Waals surface area (Å²) in [4.78, 5) is 25.5. The summed E-state index contributed by atoms with van der Waals surface area (Å²) in [6.07, 6.45) is 0. The molecular formula is C26H20Cl2N2O5. The summed E-state index contributed by atoms with van der Waals surface area (Å²) in [6.45, 7) is 0.246. The minimum absolute atomic E-state index is 0.00941. The number of halogens is 2. The van der Waals surface area contributed by atoms with Gasteiger partial charge in [0, 0.05) is 5.56 Å². The zero-order valence-corrected chi connectivity index (χ0v) is 20.3. The summed E-state index contributed by atoms with van der Waals surface area (Å²) in [7, 11) is 2.48. The number of benzene rings is 3. The van der Waals surface area contributed by atoms with Crippen LogP contribution in [0.1, 0.15) is 26.4 Å². The standard InChI is InChI=1S/C26H20Cl2N2O5/c1-33-25(31)22-23(29-30(24(22)26(32)34-2)18-8-4-3-5-9-18)17-7-6-10-19(14-17)35-15-16-11-12-20(27)21(28)13-16/h3-14H,15H2,1-2H3. The van der Waals surface area contributed by atoms with Gasteiger partial charge in [-0.15, -0.1) is 0 Å². The number of rotatable bonds is 7. The van der Waals surface area contributed by atoms with Crippen molar-refractivity contribution >= 4 is 35.1 Å². The molecule has 1 aromatic heterocycles. The van der Waals surface area contributed by atoms with Crippen LogP contribution in [0.5, 0.6) is 5.75 Å². The second kappa shape index (κ2) is 10.6. The van der Waals surface area contributed by atoms with Gasteiger partial charge in [-0.2, -0.15) is 5.10 Å². The maximum Gasteiger partial charge on any atom is 0.357 e. The molecule has 7 nitrogen and oxygen atoms in total. The molecule has 0 aliphatic heterocycles. The number of ether oxygens (including phenoxy) is 3. The molecule has 4 aromatic rings. The van der Waals surface area contributed by atoms with Crippen LogP contribution in [0.25, 0.3) is 16.9 Å². The van der Waals surface area contributed by atoms with E-state index in [4.69, 9.17) is 37.4 Å². The number of carbonyl (C=O) groups excluding carboxylic acids is 2. The monoisotopic (exact) mass is 510 g/mol. The minimum Gasteiger partial charge on any atom is -0.489 e. The van der Waals surface area contributed by atoms with Crippen molar-refractivity contribution < 1.29 is 23.8 Å². The summed E-state index contributed by atoms with van der Waals surface area (Å²) >= 11 is 12.1. The van der Waals surface area contributed by atoms with Gasteiger partial charge in [-0.05, 0) is 42.0 Å². The van der Waals surface area contributed by atoms with Crippen LogP contribution in [0.3, 0.4) is 0 Å². The topological polar surface area (TPSA) is 79.7 Å². The van der Waals surface area contributed by atoms with Gasteiger partial charge in [0.2, 0.25) is 0 Å². The van der Waals surface area contributed by atoms with Crippen molar-refractivity contribution in [3.63, 3.8) is 0 Å². The highest BCUT2D eigenvalue weighted by molar-refractivity contribution is 6.42. The normalized spacial score (nSPS) is 10.6. The van der Waals surface area contributed by atoms with E-state index < -0.39 is 11.9 Å². The first-order valence-electron chi connectivity index (χ1n) is 10.4. The average molecular weight is 511 g/mol. The van der Waals surface area contributed by atoms with Gasteiger partial charge in [0.1, 0.15) is 23.6 Å². The molecule has 0 radical (unpaired) electrons. The number of nitrogens with zero attached hydrogens (tertiary/aromatic N) is 2. The fourth-order valence-corrected chi connectivity index (χ4v) is 3.81. The number of carbonyl (C=O) groups is 2. The van der Waals surface area contributed by atoms with Crippen LogP contribution in [0.15, 0.2) is 72.8 Å². The molecule has 0 unspecified atom stereocenters. The van der Waals surface area contributed by atoms with Gasteiger partial charge in [0.15, 0.2) is 5.69 Å². The Labute approximate surface area is 211 Å². The van der Waals surface area contributed by atoms with E-state index in [9.17, 15) is 9.59 Å². The zero-order chi connectivity index (χ0) is 24.9. The Morgan fingerprint density at radius 3 is 2.29 bits per heavy atom. The lowest BCUT2D eigenvalue weighted by Gasteiger charge is -2.09. The van der Waals surface area contributed by atoms with Crippen LogP contribution < -0.4 is 4.74 Å². The predicted octanol–water partition coefficient (Wildman–Crippen LogP) is 6.00. The summed E-state index contributed by atoms with van der Waals surface area (Å²) in [5.41, 5.74) is 2.17. The maximum atomic E-state index is 12.8. The van der Waals surface area contributed by atoms with Crippen molar-refractivity contribution in [3.8, 4) is 22.7 Å². The predicted molar refractivity (Wildman–Crippen MR) is 132 cm³/mol. The van der Waals surface area contributed by atoms with Crippen molar-refractivity contribution in [2.45, 2.75) is 6.61 Å². The highest BCUT2D eigenvalue weighted by atomic mass is 35.5. The largest absolute Gasteiger partial charge is 0.489 e. The van der Waals surface area contributed by atoms with Crippen LogP contribution in [-0.4, -0.2) is 35.9 Å². The molecule has 0 spiro atoms. The molecule has 3 aromatic carbocycles. The Morgan fingerprint density at radius 1 is 0.857 bits per heavy atom. The van der Waals surface area contributed by atoms with Crippen LogP contribution in [0.2, 0.25) is 10.0 Å². The quantitative estimate of drug-likeness (QED) is 0.283. The molecule has 4 rings (SSSR count). The van der Waals surface area contributed by atoms with Gasteiger partial charge in [0.05, 0.1) is 30.0 Å². The molecule has 0 atom stereocenters. The fraction of sp³-hybridized carbons (Fsp3) is 0.115. The fourth-order valence-electron chi connectivity index (χ4n) is 3.49. The van der Waals surface area contributed by atoms with E-state index in [0.29, 0.717) is 27.0 Å². The molecule has 0 saturated carbocycles. The van der Waals surface area contributed by atoms with E-state index >= 15 is 0 Å². The third-order valence-electron chi connectivity index (χ3n) is 5.15. The lowest BCUT2D eigenvalue weighted by atomic mass is 10.1. The summed E-state index contributed by atoms with van der Waals surface area (Å²) in [5.74, 6) is -0.914. The SMILES string of the molecule is COC(=O)c1c(-c2cccc(OCc3ccc(Cl)c(Cl)c3)c2)nn(-c2ccccc2)c1C(=O)OC. The average Bonchev–Trinajstić information content (AvgIpc) is 3.30. The number of hydrogen-bond acceptors (Lipinski definition) is 6. The molecule has 0 N–H and O–H groups in total. The lowest BCUT2D eigenvalue weighted by Crippen LogP contribution is -2.15. The van der Waals surface area contributed by atoms with E-state index in [-0.39, 0.29) is 23.6 Å². The maximum absolute atomic E-state index is 12.8. The molecule has 9 heteroatoms. The summed E-state index contributed by atoms with van der Waals surface area (Å²) in [5, 5.41) is 5.49. The molecule has 178 valence electrons. The van der Waals surface area contributed by atoms with Gasteiger partial charge < -0.3 is 14.2 Å². The Hall–Kier alpha value is -3.81. The second-order valence-electron chi connectivity index (χ2n) is 7.37. The molecule has 0 amide bonds. The van der Waals surface area contributed by atoms with Crippen LogP contribution in [0.4, 0.5) is 0 Å². The Balaban J connectivity index is 1.77. The van der Waals surface area contributed by atoms with Gasteiger partial charge in [-0.3, -0.25) is 0 Å². The molecule has 0 aliphatic carbocycles. The highest BCUT2D eigenvalue weighted by Crippen LogP contribution is 2.31. The molecule has 1 heterocycles. The van der Waals surface area contributed by atoms with Crippen LogP contribution >= 0.6 is 23.2 Å². The van der Waals surface area contributed by atoms with Crippen molar-refractivity contribution in [2.24, 2.45) is 0 Å². The molecule has 0 aliphatic rings. The molecule has 0 saturated heterocycles. The van der Waals surface area contributed by atoms with E-state index in [1.165, 1.54) is 18.9 Å². The first-order chi connectivity index (χ1) is 16.9. The van der Waals surface area contributed by atoms with Crippen molar-refractivity contribution in [2.75, 3.05) is 14.2 Å². The summed E-state index contributed by atoms with van der Waals surface area (Å²) in [6, 6.07) is 21.2. The first-order valence-corrected chi connectivity index (χ1v) is 11.2. The van der Waals surface area contributed by atoms with Crippen molar-refractivity contribution in [1.29, 1.82) is 0 Å². The molecule has 0 bridgehead atoms.